The number of aromatic nitrogens is 2. The summed E-state index contributed by atoms with van der Waals surface area (Å²) in [6.07, 6.45) is 6.13. The van der Waals surface area contributed by atoms with Gasteiger partial charge in [-0.3, -0.25) is 9.78 Å². The summed E-state index contributed by atoms with van der Waals surface area (Å²) in [6.45, 7) is 1.40. The molecule has 2 unspecified atom stereocenters. The molecule has 2 atom stereocenters. The van der Waals surface area contributed by atoms with Crippen molar-refractivity contribution in [2.45, 2.75) is 50.0 Å². The number of benzene rings is 1. The van der Waals surface area contributed by atoms with Crippen molar-refractivity contribution >= 4 is 32.7 Å². The van der Waals surface area contributed by atoms with Crippen LogP contribution in [0.15, 0.2) is 47.0 Å². The van der Waals surface area contributed by atoms with Crippen molar-refractivity contribution in [2.24, 2.45) is 10.3 Å². The standard InChI is InChI=1S/C30H33FN6O2S2/c1-33-41(39)16-14-37(15-17-41)22-9-6-20(7-10-22)27-26(35-29(40-27)25-11-8-21(31)18-34-25)23-4-2-3-5-24(23)28(38)36-30(19-32)12-13-30/h6-11,18,23-24H,2-5,12-17H2,1H3,(H,36,38). The minimum Gasteiger partial charge on any atom is -0.370 e. The molecule has 8 nitrogen and oxygen atoms in total. The lowest BCUT2D eigenvalue weighted by molar-refractivity contribution is -0.127. The molecule has 1 aromatic carbocycles. The van der Waals surface area contributed by atoms with Crippen LogP contribution in [-0.2, 0) is 14.5 Å². The maximum absolute atomic E-state index is 13.6. The average molecular weight is 593 g/mol. The van der Waals surface area contributed by atoms with E-state index in [0.717, 1.165) is 47.5 Å². The predicted octanol–water partition coefficient (Wildman–Crippen LogP) is 5.38. The van der Waals surface area contributed by atoms with Gasteiger partial charge in [-0.15, -0.1) is 11.3 Å². The van der Waals surface area contributed by atoms with Crippen LogP contribution in [0.2, 0.25) is 0 Å². The zero-order valence-electron chi connectivity index (χ0n) is 23.0. The summed E-state index contributed by atoms with van der Waals surface area (Å²) in [5.74, 6) is 0.304. The number of carbonyl (C=O) groups excluding carboxylic acids is 1. The highest BCUT2D eigenvalue weighted by molar-refractivity contribution is 7.93. The van der Waals surface area contributed by atoms with Crippen molar-refractivity contribution in [2.75, 3.05) is 36.5 Å². The van der Waals surface area contributed by atoms with Gasteiger partial charge in [-0.2, -0.15) is 5.26 Å². The van der Waals surface area contributed by atoms with Gasteiger partial charge in [0.05, 0.1) is 28.5 Å². The largest absolute Gasteiger partial charge is 0.370 e. The van der Waals surface area contributed by atoms with Crippen LogP contribution in [0, 0.1) is 23.1 Å². The molecule has 3 heterocycles. The van der Waals surface area contributed by atoms with Gasteiger partial charge in [0.1, 0.15) is 16.4 Å². The molecule has 6 rings (SSSR count). The molecule has 0 spiro atoms. The Kier molecular flexibility index (Phi) is 7.55. The van der Waals surface area contributed by atoms with Crippen LogP contribution in [0.4, 0.5) is 10.1 Å². The van der Waals surface area contributed by atoms with E-state index in [9.17, 15) is 18.7 Å². The third-order valence-electron chi connectivity index (χ3n) is 8.57. The van der Waals surface area contributed by atoms with Gasteiger partial charge in [0.15, 0.2) is 0 Å². The van der Waals surface area contributed by atoms with Crippen LogP contribution in [0.3, 0.4) is 0 Å². The van der Waals surface area contributed by atoms with E-state index >= 15 is 0 Å². The molecular weight excluding hydrogens is 560 g/mol. The molecule has 2 saturated carbocycles. The third-order valence-corrected chi connectivity index (χ3v) is 12.0. The molecule has 214 valence electrons. The number of anilines is 1. The molecule has 11 heteroatoms. The minimum atomic E-state index is -2.09. The maximum Gasteiger partial charge on any atom is 0.225 e. The molecule has 1 amide bonds. The highest BCUT2D eigenvalue weighted by Gasteiger charge is 2.47. The van der Waals surface area contributed by atoms with Gasteiger partial charge >= 0.3 is 0 Å². The molecule has 3 aliphatic rings. The first kappa shape index (κ1) is 27.8. The fourth-order valence-corrected chi connectivity index (χ4v) is 8.57. The number of hydrogen-bond acceptors (Lipinski definition) is 8. The Morgan fingerprint density at radius 2 is 1.90 bits per heavy atom. The lowest BCUT2D eigenvalue weighted by Crippen LogP contribution is -2.42. The highest BCUT2D eigenvalue weighted by atomic mass is 32.2. The Labute approximate surface area is 244 Å². The van der Waals surface area contributed by atoms with Gasteiger partial charge in [0.2, 0.25) is 5.91 Å². The molecule has 0 radical (unpaired) electrons. The van der Waals surface area contributed by atoms with Gasteiger partial charge in [0.25, 0.3) is 0 Å². The summed E-state index contributed by atoms with van der Waals surface area (Å²) in [7, 11) is -0.447. The monoisotopic (exact) mass is 592 g/mol. The summed E-state index contributed by atoms with van der Waals surface area (Å²) in [5, 5.41) is 13.3. The lowest BCUT2D eigenvalue weighted by Gasteiger charge is -2.31. The quantitative estimate of drug-likeness (QED) is 0.412. The third kappa shape index (κ3) is 5.72. The molecule has 2 aliphatic carbocycles. The Morgan fingerprint density at radius 3 is 2.54 bits per heavy atom. The van der Waals surface area contributed by atoms with Crippen LogP contribution < -0.4 is 10.2 Å². The van der Waals surface area contributed by atoms with E-state index in [-0.39, 0.29) is 17.7 Å². The second-order valence-electron chi connectivity index (χ2n) is 11.2. The number of thiazole rings is 1. The first-order valence-electron chi connectivity index (χ1n) is 14.1. The number of carbonyl (C=O) groups is 1. The highest BCUT2D eigenvalue weighted by Crippen LogP contribution is 2.46. The van der Waals surface area contributed by atoms with Crippen LogP contribution in [0.25, 0.3) is 21.1 Å². The zero-order valence-corrected chi connectivity index (χ0v) is 24.6. The van der Waals surface area contributed by atoms with Crippen molar-refractivity contribution in [1.82, 2.24) is 15.3 Å². The zero-order chi connectivity index (χ0) is 28.6. The number of nitrogens with one attached hydrogen (secondary N) is 1. The minimum absolute atomic E-state index is 0.0648. The van der Waals surface area contributed by atoms with Gasteiger partial charge < -0.3 is 10.2 Å². The number of pyridine rings is 1. The molecular formula is C30H33FN6O2S2. The van der Waals surface area contributed by atoms with Crippen molar-refractivity contribution in [3.05, 3.63) is 54.1 Å². The molecule has 0 bridgehead atoms. The summed E-state index contributed by atoms with van der Waals surface area (Å²) < 4.78 is 30.4. The first-order valence-corrected chi connectivity index (χ1v) is 16.8. The predicted molar refractivity (Wildman–Crippen MR) is 160 cm³/mol. The SMILES string of the molecule is CN=S1(=O)CCN(c2ccc(-c3sc(-c4ccc(F)cn4)nc3C3CCCCC3C(=O)NC3(C#N)CC3)cc2)CC1. The Bertz CT molecular complexity index is 1590. The number of rotatable bonds is 6. The number of amides is 1. The second kappa shape index (κ2) is 11.1. The lowest BCUT2D eigenvalue weighted by atomic mass is 9.76. The number of halogens is 1. The molecule has 2 aromatic heterocycles. The van der Waals surface area contributed by atoms with Crippen LogP contribution in [0.5, 0.6) is 0 Å². The topological polar surface area (TPSA) is 111 Å². The molecule has 41 heavy (non-hydrogen) atoms. The van der Waals surface area contributed by atoms with Crippen LogP contribution in [0.1, 0.15) is 50.1 Å². The van der Waals surface area contributed by atoms with E-state index in [2.05, 4.69) is 49.9 Å². The second-order valence-corrected chi connectivity index (χ2v) is 14.9. The van der Waals surface area contributed by atoms with Crippen molar-refractivity contribution < 1.29 is 13.4 Å². The van der Waals surface area contributed by atoms with Gasteiger partial charge in [0, 0.05) is 58.9 Å². The van der Waals surface area contributed by atoms with Crippen LogP contribution in [-0.4, -0.2) is 57.3 Å². The van der Waals surface area contributed by atoms with E-state index in [0.29, 0.717) is 48.1 Å². The Hall–Kier alpha value is -3.36. The maximum atomic E-state index is 13.6. The van der Waals surface area contributed by atoms with Gasteiger partial charge in [-0.25, -0.2) is 17.9 Å². The smallest absolute Gasteiger partial charge is 0.225 e. The molecule has 1 saturated heterocycles. The number of hydrogen-bond donors (Lipinski definition) is 1. The molecule has 1 aliphatic heterocycles. The Morgan fingerprint density at radius 1 is 1.17 bits per heavy atom. The van der Waals surface area contributed by atoms with Gasteiger partial charge in [-0.05, 0) is 55.5 Å². The normalized spacial score (nSPS) is 22.9. The van der Waals surface area contributed by atoms with Crippen molar-refractivity contribution in [1.29, 1.82) is 5.26 Å². The van der Waals surface area contributed by atoms with E-state index in [4.69, 9.17) is 4.98 Å². The average Bonchev–Trinajstić information content (AvgIpc) is 3.64. The van der Waals surface area contributed by atoms with E-state index in [1.54, 1.807) is 13.1 Å². The van der Waals surface area contributed by atoms with Crippen LogP contribution >= 0.6 is 11.3 Å². The van der Waals surface area contributed by atoms with E-state index in [1.807, 2.05) is 0 Å². The molecule has 3 fully saturated rings. The first-order chi connectivity index (χ1) is 19.8. The Balaban J connectivity index is 1.33. The number of nitriles is 1. The van der Waals surface area contributed by atoms with Crippen molar-refractivity contribution in [3.63, 3.8) is 0 Å². The fourth-order valence-electron chi connectivity index (χ4n) is 5.88. The summed E-state index contributed by atoms with van der Waals surface area (Å²) >= 11 is 1.51. The fraction of sp³-hybridized carbons (Fsp3) is 0.467. The summed E-state index contributed by atoms with van der Waals surface area (Å²) in [5.41, 5.74) is 2.82. The summed E-state index contributed by atoms with van der Waals surface area (Å²) in [6, 6.07) is 13.6. The summed E-state index contributed by atoms with van der Waals surface area (Å²) in [4.78, 5) is 26.0. The molecule has 3 aromatic rings. The number of nitrogens with zero attached hydrogens (tertiary/aromatic N) is 5. The van der Waals surface area contributed by atoms with E-state index in [1.165, 1.54) is 23.6 Å². The molecule has 1 N–H and O–H groups in total. The van der Waals surface area contributed by atoms with Crippen molar-refractivity contribution in [3.8, 4) is 27.2 Å². The van der Waals surface area contributed by atoms with Gasteiger partial charge in [-0.1, -0.05) is 25.0 Å². The van der Waals surface area contributed by atoms with E-state index < -0.39 is 21.1 Å².